The Bertz CT molecular complexity index is 1020. The van der Waals surface area contributed by atoms with Gasteiger partial charge in [-0.1, -0.05) is 12.1 Å². The number of hydrogen-bond donors (Lipinski definition) is 1. The largest absolute Gasteiger partial charge is 0.493 e. The Morgan fingerprint density at radius 2 is 1.70 bits per heavy atom. The quantitative estimate of drug-likeness (QED) is 0.663. The van der Waals surface area contributed by atoms with Crippen molar-refractivity contribution in [3.8, 4) is 11.5 Å². The molecule has 2 N–H and O–H groups in total. The Hall–Kier alpha value is -3.13. The maximum atomic E-state index is 13.0. The number of nitrogens with two attached hydrogens (primary N) is 1. The van der Waals surface area contributed by atoms with E-state index >= 15 is 0 Å². The number of methoxy groups -OCH3 is 2. The van der Waals surface area contributed by atoms with E-state index in [-0.39, 0.29) is 11.9 Å². The summed E-state index contributed by atoms with van der Waals surface area (Å²) in [6.07, 6.45) is 1.86. The highest BCUT2D eigenvalue weighted by Crippen LogP contribution is 2.34. The second-order valence-electron chi connectivity index (χ2n) is 7.26. The molecule has 3 aromatic rings. The number of piperidine rings is 1. The van der Waals surface area contributed by atoms with Crippen molar-refractivity contribution >= 4 is 22.7 Å². The van der Waals surface area contributed by atoms with E-state index in [1.807, 2.05) is 6.07 Å². The highest BCUT2D eigenvalue weighted by molar-refractivity contribution is 5.91. The fraction of sp³-hybridized carbons (Fsp3) is 0.364. The summed E-state index contributed by atoms with van der Waals surface area (Å²) in [5, 5.41) is 0.730. The van der Waals surface area contributed by atoms with Gasteiger partial charge in [0.2, 0.25) is 5.95 Å². The van der Waals surface area contributed by atoms with Crippen molar-refractivity contribution in [2.24, 2.45) is 0 Å². The lowest BCUT2D eigenvalue weighted by Crippen LogP contribution is -2.38. The number of ether oxygens (including phenoxy) is 3. The van der Waals surface area contributed by atoms with Crippen molar-refractivity contribution in [3.05, 3.63) is 47.8 Å². The molecule has 1 aliphatic rings. The number of rotatable bonds is 6. The summed E-state index contributed by atoms with van der Waals surface area (Å²) in [6, 6.07) is 10.0. The van der Waals surface area contributed by atoms with Crippen molar-refractivity contribution in [2.45, 2.75) is 25.6 Å². The van der Waals surface area contributed by atoms with Crippen LogP contribution in [0.4, 0.5) is 16.2 Å². The molecule has 4 rings (SSSR count). The second kappa shape index (κ2) is 8.71. The van der Waals surface area contributed by atoms with E-state index in [1.54, 1.807) is 32.4 Å². The Labute approximate surface area is 174 Å². The molecule has 2 aromatic carbocycles. The molecule has 0 bridgehead atoms. The van der Waals surface area contributed by atoms with Crippen LogP contribution in [-0.2, 0) is 11.3 Å². The molecule has 0 spiro atoms. The predicted molar refractivity (Wildman–Crippen MR) is 113 cm³/mol. The minimum atomic E-state index is -0.238. The fourth-order valence-corrected chi connectivity index (χ4v) is 3.63. The SMILES string of the molecule is COc1cc2nc(N3CCC(OCc4ccc(F)cc4)CC3)nc(N)c2cc1OC. The summed E-state index contributed by atoms with van der Waals surface area (Å²) in [5.74, 6) is 1.96. The molecule has 158 valence electrons. The molecule has 0 aliphatic carbocycles. The molecule has 1 aromatic heterocycles. The molecule has 1 aliphatic heterocycles. The van der Waals surface area contributed by atoms with E-state index in [0.717, 1.165) is 36.9 Å². The van der Waals surface area contributed by atoms with Crippen molar-refractivity contribution in [2.75, 3.05) is 37.9 Å². The molecule has 0 unspecified atom stereocenters. The molecule has 1 saturated heterocycles. The van der Waals surface area contributed by atoms with Crippen LogP contribution in [0.5, 0.6) is 11.5 Å². The van der Waals surface area contributed by atoms with Crippen LogP contribution in [-0.4, -0.2) is 43.4 Å². The van der Waals surface area contributed by atoms with Gasteiger partial charge in [-0.2, -0.15) is 4.98 Å². The van der Waals surface area contributed by atoms with Crippen LogP contribution >= 0.6 is 0 Å². The predicted octanol–water partition coefficient (Wildman–Crippen LogP) is 3.55. The number of halogens is 1. The Balaban J connectivity index is 1.43. The van der Waals surface area contributed by atoms with Gasteiger partial charge in [-0.05, 0) is 36.6 Å². The topological polar surface area (TPSA) is 82.7 Å². The van der Waals surface area contributed by atoms with Crippen LogP contribution in [0.15, 0.2) is 36.4 Å². The highest BCUT2D eigenvalue weighted by Gasteiger charge is 2.23. The smallest absolute Gasteiger partial charge is 0.227 e. The summed E-state index contributed by atoms with van der Waals surface area (Å²) in [4.78, 5) is 11.3. The lowest BCUT2D eigenvalue weighted by molar-refractivity contribution is 0.0249. The molecule has 30 heavy (non-hydrogen) atoms. The molecule has 7 nitrogen and oxygen atoms in total. The van der Waals surface area contributed by atoms with E-state index in [2.05, 4.69) is 9.88 Å². The number of anilines is 2. The van der Waals surface area contributed by atoms with Gasteiger partial charge in [-0.25, -0.2) is 9.37 Å². The average Bonchev–Trinajstić information content (AvgIpc) is 2.78. The number of benzene rings is 2. The van der Waals surface area contributed by atoms with Crippen LogP contribution in [0.2, 0.25) is 0 Å². The Morgan fingerprint density at radius 3 is 2.37 bits per heavy atom. The normalized spacial score (nSPS) is 14.8. The molecule has 1 fully saturated rings. The minimum Gasteiger partial charge on any atom is -0.493 e. The number of hydrogen-bond acceptors (Lipinski definition) is 7. The van der Waals surface area contributed by atoms with Crippen molar-refractivity contribution in [3.63, 3.8) is 0 Å². The van der Waals surface area contributed by atoms with E-state index < -0.39 is 0 Å². The van der Waals surface area contributed by atoms with E-state index in [9.17, 15) is 4.39 Å². The van der Waals surface area contributed by atoms with Gasteiger partial charge in [0.1, 0.15) is 11.6 Å². The first-order valence-electron chi connectivity index (χ1n) is 9.87. The van der Waals surface area contributed by atoms with Crippen molar-refractivity contribution in [1.82, 2.24) is 9.97 Å². The summed E-state index contributed by atoms with van der Waals surface area (Å²) in [7, 11) is 3.17. The van der Waals surface area contributed by atoms with Gasteiger partial charge in [0.05, 0.1) is 32.4 Å². The first-order chi connectivity index (χ1) is 14.6. The molecule has 2 heterocycles. The van der Waals surface area contributed by atoms with Gasteiger partial charge >= 0.3 is 0 Å². The van der Waals surface area contributed by atoms with Gasteiger partial charge in [0, 0.05) is 24.5 Å². The van der Waals surface area contributed by atoms with Crippen molar-refractivity contribution < 1.29 is 18.6 Å². The van der Waals surface area contributed by atoms with Gasteiger partial charge < -0.3 is 24.8 Å². The monoisotopic (exact) mass is 412 g/mol. The zero-order chi connectivity index (χ0) is 21.1. The Kier molecular flexibility index (Phi) is 5.85. The Morgan fingerprint density at radius 1 is 1.03 bits per heavy atom. The van der Waals surface area contributed by atoms with Crippen LogP contribution in [0.1, 0.15) is 18.4 Å². The zero-order valence-corrected chi connectivity index (χ0v) is 17.1. The number of fused-ring (bicyclic) bond motifs is 1. The first-order valence-corrected chi connectivity index (χ1v) is 9.87. The average molecular weight is 412 g/mol. The molecule has 8 heteroatoms. The minimum absolute atomic E-state index is 0.147. The van der Waals surface area contributed by atoms with Gasteiger partial charge in [0.25, 0.3) is 0 Å². The maximum Gasteiger partial charge on any atom is 0.227 e. The molecular formula is C22H25FN4O3. The van der Waals surface area contributed by atoms with Crippen molar-refractivity contribution in [1.29, 1.82) is 0 Å². The number of aromatic nitrogens is 2. The lowest BCUT2D eigenvalue weighted by Gasteiger charge is -2.32. The highest BCUT2D eigenvalue weighted by atomic mass is 19.1. The van der Waals surface area contributed by atoms with Gasteiger partial charge in [-0.15, -0.1) is 0 Å². The molecule has 0 amide bonds. The molecular weight excluding hydrogens is 387 g/mol. The fourth-order valence-electron chi connectivity index (χ4n) is 3.63. The summed E-state index contributed by atoms with van der Waals surface area (Å²) in [6.45, 7) is 2.02. The third-order valence-corrected chi connectivity index (χ3v) is 5.34. The zero-order valence-electron chi connectivity index (χ0n) is 17.1. The number of nitrogen functional groups attached to an aromatic ring is 1. The summed E-state index contributed by atoms with van der Waals surface area (Å²) >= 11 is 0. The van der Waals surface area contributed by atoms with Crippen LogP contribution in [0.3, 0.4) is 0 Å². The second-order valence-corrected chi connectivity index (χ2v) is 7.26. The lowest BCUT2D eigenvalue weighted by atomic mass is 10.1. The summed E-state index contributed by atoms with van der Waals surface area (Å²) in [5.41, 5.74) is 7.88. The third kappa shape index (κ3) is 4.23. The standard InChI is InChI=1S/C22H25FN4O3/c1-28-19-11-17-18(12-20(19)29-2)25-22(26-21(17)24)27-9-7-16(8-10-27)30-13-14-3-5-15(23)6-4-14/h3-6,11-12,16H,7-10,13H2,1-2H3,(H2,24,25,26). The molecule has 0 saturated carbocycles. The number of nitrogens with zero attached hydrogens (tertiary/aromatic N) is 3. The van der Waals surface area contributed by atoms with E-state index in [4.69, 9.17) is 24.9 Å². The van der Waals surface area contributed by atoms with Crippen LogP contribution < -0.4 is 20.1 Å². The van der Waals surface area contributed by atoms with Gasteiger partial charge in [-0.3, -0.25) is 0 Å². The van der Waals surface area contributed by atoms with E-state index in [1.165, 1.54) is 12.1 Å². The van der Waals surface area contributed by atoms with Crippen LogP contribution in [0, 0.1) is 5.82 Å². The molecule has 0 radical (unpaired) electrons. The van der Waals surface area contributed by atoms with Crippen LogP contribution in [0.25, 0.3) is 10.9 Å². The third-order valence-electron chi connectivity index (χ3n) is 5.34. The summed E-state index contributed by atoms with van der Waals surface area (Å²) < 4.78 is 29.7. The maximum absolute atomic E-state index is 13.0. The first kappa shape index (κ1) is 20.2. The van der Waals surface area contributed by atoms with Gasteiger partial charge in [0.15, 0.2) is 11.5 Å². The van der Waals surface area contributed by atoms with E-state index in [0.29, 0.717) is 35.4 Å². The molecule has 0 atom stereocenters.